The lowest BCUT2D eigenvalue weighted by Crippen LogP contribution is -2.15. The van der Waals surface area contributed by atoms with Gasteiger partial charge in [0.2, 0.25) is 0 Å². The van der Waals surface area contributed by atoms with E-state index in [-0.39, 0.29) is 0 Å². The molecule has 0 radical (unpaired) electrons. The predicted molar refractivity (Wildman–Crippen MR) is 51.2 cm³/mol. The maximum absolute atomic E-state index is 4.32. The van der Waals surface area contributed by atoms with Crippen molar-refractivity contribution in [3.63, 3.8) is 0 Å². The summed E-state index contributed by atoms with van der Waals surface area (Å²) in [6.07, 6.45) is 2.96. The van der Waals surface area contributed by atoms with Gasteiger partial charge < -0.3 is 4.90 Å². The third kappa shape index (κ3) is 3.01. The van der Waals surface area contributed by atoms with E-state index in [1.807, 2.05) is 6.20 Å². The van der Waals surface area contributed by atoms with Gasteiger partial charge in [0, 0.05) is 24.9 Å². The zero-order valence-corrected chi connectivity index (χ0v) is 8.04. The second-order valence-corrected chi connectivity index (χ2v) is 3.38. The number of nitrogens with zero attached hydrogens (tertiary/aromatic N) is 2. The largest absolute Gasteiger partial charge is 0.309 e. The van der Waals surface area contributed by atoms with Crippen LogP contribution in [0.15, 0.2) is 18.3 Å². The van der Waals surface area contributed by atoms with Crippen LogP contribution >= 0.6 is 0 Å². The number of hydrogen-bond donors (Lipinski definition) is 0. The maximum Gasteiger partial charge on any atom is 0.0416 e. The summed E-state index contributed by atoms with van der Waals surface area (Å²) in [6, 6.07) is 4.21. The van der Waals surface area contributed by atoms with E-state index in [0.717, 1.165) is 13.0 Å². The van der Waals surface area contributed by atoms with Crippen molar-refractivity contribution in [2.45, 2.75) is 13.3 Å². The van der Waals surface area contributed by atoms with Gasteiger partial charge in [-0.05, 0) is 32.6 Å². The molecule has 0 atom stereocenters. The van der Waals surface area contributed by atoms with Crippen molar-refractivity contribution in [1.29, 1.82) is 0 Å². The number of aryl methyl sites for hydroxylation is 1. The van der Waals surface area contributed by atoms with Gasteiger partial charge in [0.05, 0.1) is 0 Å². The molecule has 0 aliphatic carbocycles. The van der Waals surface area contributed by atoms with Crippen LogP contribution in [0.1, 0.15) is 11.3 Å². The van der Waals surface area contributed by atoms with E-state index in [2.05, 4.69) is 43.0 Å². The summed E-state index contributed by atoms with van der Waals surface area (Å²) >= 11 is 0. The predicted octanol–water partition coefficient (Wildman–Crippen LogP) is 1.49. The monoisotopic (exact) mass is 164 g/mol. The molecule has 1 aromatic heterocycles. The maximum atomic E-state index is 4.32. The Kier molecular flexibility index (Phi) is 3.23. The first-order valence-electron chi connectivity index (χ1n) is 4.25. The van der Waals surface area contributed by atoms with E-state index in [9.17, 15) is 0 Å². The molecule has 1 heterocycles. The van der Waals surface area contributed by atoms with Gasteiger partial charge in [-0.15, -0.1) is 0 Å². The molecule has 0 aliphatic rings. The van der Waals surface area contributed by atoms with Gasteiger partial charge in [-0.25, -0.2) is 0 Å². The van der Waals surface area contributed by atoms with Crippen molar-refractivity contribution < 1.29 is 0 Å². The highest BCUT2D eigenvalue weighted by molar-refractivity contribution is 5.12. The Morgan fingerprint density at radius 2 is 2.08 bits per heavy atom. The Labute approximate surface area is 74.2 Å². The van der Waals surface area contributed by atoms with E-state index >= 15 is 0 Å². The zero-order chi connectivity index (χ0) is 8.97. The summed E-state index contributed by atoms with van der Waals surface area (Å²) in [6.45, 7) is 3.12. The molecule has 2 heteroatoms. The van der Waals surface area contributed by atoms with Crippen LogP contribution in [0.2, 0.25) is 0 Å². The molecule has 1 aromatic rings. The van der Waals surface area contributed by atoms with E-state index < -0.39 is 0 Å². The molecule has 0 amide bonds. The first-order chi connectivity index (χ1) is 5.68. The molecule has 66 valence electrons. The third-order valence-corrected chi connectivity index (χ3v) is 1.79. The topological polar surface area (TPSA) is 16.1 Å². The van der Waals surface area contributed by atoms with E-state index in [1.54, 1.807) is 0 Å². The second-order valence-electron chi connectivity index (χ2n) is 3.38. The average molecular weight is 164 g/mol. The van der Waals surface area contributed by atoms with Gasteiger partial charge >= 0.3 is 0 Å². The van der Waals surface area contributed by atoms with Crippen LogP contribution in [0.4, 0.5) is 0 Å². The van der Waals surface area contributed by atoms with E-state index in [1.165, 1.54) is 11.3 Å². The fourth-order valence-corrected chi connectivity index (χ4v) is 0.984. The van der Waals surface area contributed by atoms with Crippen LogP contribution in [0.25, 0.3) is 0 Å². The van der Waals surface area contributed by atoms with Crippen LogP contribution in [0.5, 0.6) is 0 Å². The quantitative estimate of drug-likeness (QED) is 0.673. The van der Waals surface area contributed by atoms with Crippen LogP contribution in [-0.4, -0.2) is 30.5 Å². The summed E-state index contributed by atoms with van der Waals surface area (Å²) in [5.74, 6) is 0. The highest BCUT2D eigenvalue weighted by Gasteiger charge is 1.94. The molecule has 1 rings (SSSR count). The van der Waals surface area contributed by atoms with Gasteiger partial charge in [-0.1, -0.05) is 6.07 Å². The molecule has 0 saturated heterocycles. The molecule has 12 heavy (non-hydrogen) atoms. The fraction of sp³-hybridized carbons (Fsp3) is 0.500. The molecular weight excluding hydrogens is 148 g/mol. The van der Waals surface area contributed by atoms with Crippen LogP contribution in [-0.2, 0) is 6.42 Å². The van der Waals surface area contributed by atoms with Crippen molar-refractivity contribution >= 4 is 0 Å². The summed E-state index contributed by atoms with van der Waals surface area (Å²) in [7, 11) is 4.16. The molecule has 0 saturated carbocycles. The molecule has 0 bridgehead atoms. The van der Waals surface area contributed by atoms with Crippen molar-refractivity contribution in [2.75, 3.05) is 20.6 Å². The van der Waals surface area contributed by atoms with Crippen molar-refractivity contribution in [1.82, 2.24) is 9.88 Å². The second kappa shape index (κ2) is 4.21. The lowest BCUT2D eigenvalue weighted by Gasteiger charge is -2.08. The Bertz CT molecular complexity index is 226. The van der Waals surface area contributed by atoms with Crippen molar-refractivity contribution in [3.8, 4) is 0 Å². The van der Waals surface area contributed by atoms with Gasteiger partial charge in [0.1, 0.15) is 0 Å². The number of likely N-dealkylation sites (N-methyl/N-ethyl adjacent to an activating group) is 1. The summed E-state index contributed by atoms with van der Waals surface area (Å²) in [5, 5.41) is 0. The van der Waals surface area contributed by atoms with E-state index in [0.29, 0.717) is 0 Å². The smallest absolute Gasteiger partial charge is 0.0416 e. The summed E-state index contributed by atoms with van der Waals surface area (Å²) in [4.78, 5) is 6.49. The molecule has 0 N–H and O–H groups in total. The van der Waals surface area contributed by atoms with Crippen molar-refractivity contribution in [3.05, 3.63) is 29.6 Å². The number of pyridine rings is 1. The fourth-order valence-electron chi connectivity index (χ4n) is 0.984. The first-order valence-corrected chi connectivity index (χ1v) is 4.25. The highest BCUT2D eigenvalue weighted by atomic mass is 15.0. The van der Waals surface area contributed by atoms with Crippen LogP contribution in [0.3, 0.4) is 0 Å². The molecule has 0 aromatic carbocycles. The Morgan fingerprint density at radius 1 is 1.33 bits per heavy atom. The number of rotatable bonds is 3. The SMILES string of the molecule is Cc1ccc(CCN(C)C)nc1. The average Bonchev–Trinajstić information content (AvgIpc) is 2.03. The number of aromatic nitrogens is 1. The molecule has 0 spiro atoms. The minimum Gasteiger partial charge on any atom is -0.309 e. The Balaban J connectivity index is 2.48. The molecule has 0 unspecified atom stereocenters. The minimum atomic E-state index is 1.04. The lowest BCUT2D eigenvalue weighted by molar-refractivity contribution is 0.412. The van der Waals surface area contributed by atoms with Gasteiger partial charge in [-0.2, -0.15) is 0 Å². The summed E-state index contributed by atoms with van der Waals surface area (Å²) in [5.41, 5.74) is 2.40. The summed E-state index contributed by atoms with van der Waals surface area (Å²) < 4.78 is 0. The Morgan fingerprint density at radius 3 is 2.58 bits per heavy atom. The highest BCUT2D eigenvalue weighted by Crippen LogP contribution is 1.99. The Hall–Kier alpha value is -0.890. The van der Waals surface area contributed by atoms with E-state index in [4.69, 9.17) is 0 Å². The van der Waals surface area contributed by atoms with Crippen LogP contribution < -0.4 is 0 Å². The standard InChI is InChI=1S/C10H16N2/c1-9-4-5-10(11-8-9)6-7-12(2)3/h4-5,8H,6-7H2,1-3H3. The van der Waals surface area contributed by atoms with Crippen LogP contribution in [0, 0.1) is 6.92 Å². The first kappa shape index (κ1) is 9.20. The molecule has 0 aliphatic heterocycles. The molecular formula is C10H16N2. The van der Waals surface area contributed by atoms with Gasteiger partial charge in [0.25, 0.3) is 0 Å². The minimum absolute atomic E-state index is 1.04. The third-order valence-electron chi connectivity index (χ3n) is 1.79. The zero-order valence-electron chi connectivity index (χ0n) is 8.04. The number of hydrogen-bond acceptors (Lipinski definition) is 2. The lowest BCUT2D eigenvalue weighted by atomic mass is 10.2. The van der Waals surface area contributed by atoms with Gasteiger partial charge in [0.15, 0.2) is 0 Å². The molecule has 0 fully saturated rings. The van der Waals surface area contributed by atoms with Gasteiger partial charge in [-0.3, -0.25) is 4.98 Å². The molecule has 2 nitrogen and oxygen atoms in total. The van der Waals surface area contributed by atoms with Crippen molar-refractivity contribution in [2.24, 2.45) is 0 Å². The normalized spacial score (nSPS) is 10.7.